The van der Waals surface area contributed by atoms with E-state index in [1.165, 1.54) is 6.07 Å². The molecule has 0 aromatic carbocycles. The number of pyridine rings is 1. The first-order chi connectivity index (χ1) is 7.92. The Hall–Kier alpha value is -0.890. The first kappa shape index (κ1) is 14.2. The number of sulfone groups is 1. The molecule has 0 fully saturated rings. The summed E-state index contributed by atoms with van der Waals surface area (Å²) in [7, 11) is -3.69. The average Bonchev–Trinajstić information content (AvgIpc) is 2.23. The Kier molecular flexibility index (Phi) is 4.70. The van der Waals surface area contributed by atoms with Gasteiger partial charge in [0.1, 0.15) is 6.61 Å². The van der Waals surface area contributed by atoms with Crippen LogP contribution in [0.2, 0.25) is 0 Å². The van der Waals surface area contributed by atoms with Gasteiger partial charge in [-0.15, -0.1) is 11.6 Å². The van der Waals surface area contributed by atoms with Gasteiger partial charge < -0.3 is 5.11 Å². The second kappa shape index (κ2) is 5.63. The lowest BCUT2D eigenvalue weighted by Gasteiger charge is -2.09. The number of rotatable bonds is 5. The molecule has 6 nitrogen and oxygen atoms in total. The smallest absolute Gasteiger partial charge is 0.200 e. The van der Waals surface area contributed by atoms with Gasteiger partial charge in [0.05, 0.1) is 5.75 Å². The Labute approximate surface area is 104 Å². The van der Waals surface area contributed by atoms with E-state index in [-0.39, 0.29) is 18.2 Å². The maximum Gasteiger partial charge on any atom is 0.200 e. The van der Waals surface area contributed by atoms with Crippen LogP contribution in [0.3, 0.4) is 0 Å². The minimum Gasteiger partial charge on any atom is -0.505 e. The summed E-state index contributed by atoms with van der Waals surface area (Å²) < 4.78 is 23.4. The topological polar surface area (TPSA) is 96.7 Å². The van der Waals surface area contributed by atoms with Gasteiger partial charge >= 0.3 is 0 Å². The summed E-state index contributed by atoms with van der Waals surface area (Å²) in [6.07, 6.45) is 0. The summed E-state index contributed by atoms with van der Waals surface area (Å²) in [5.41, 5.74) is 0.750. The third-order valence-corrected chi connectivity index (χ3v) is 4.17. The molecule has 17 heavy (non-hydrogen) atoms. The number of hydrogen-bond donors (Lipinski definition) is 2. The van der Waals surface area contributed by atoms with Gasteiger partial charge in [-0.3, -0.25) is 5.26 Å². The first-order valence-corrected chi connectivity index (χ1v) is 6.85. The predicted molar refractivity (Wildman–Crippen MR) is 60.8 cm³/mol. The molecule has 0 atom stereocenters. The van der Waals surface area contributed by atoms with E-state index in [1.54, 1.807) is 6.92 Å². The average molecular weight is 282 g/mol. The van der Waals surface area contributed by atoms with Crippen LogP contribution in [0, 0.1) is 6.92 Å². The summed E-state index contributed by atoms with van der Waals surface area (Å²) in [5, 5.41) is 17.5. The number of aromatic hydroxyl groups is 1. The third kappa shape index (κ3) is 3.29. The maximum atomic E-state index is 11.7. The molecule has 2 N–H and O–H groups in total. The zero-order valence-electron chi connectivity index (χ0n) is 9.05. The predicted octanol–water partition coefficient (Wildman–Crippen LogP) is 1.10. The third-order valence-electron chi connectivity index (χ3n) is 2.12. The van der Waals surface area contributed by atoms with Crippen LogP contribution < -0.4 is 0 Å². The molecule has 0 unspecified atom stereocenters. The van der Waals surface area contributed by atoms with Gasteiger partial charge in [-0.25, -0.2) is 18.3 Å². The molecule has 0 aliphatic carbocycles. The molecule has 0 aliphatic rings. The standard InChI is InChI=1S/C9H12ClNO5S/c1-6-7(5-16-13)4-8(12)9(11-6)17(14,15)3-2-10/h4,12-13H,2-3,5H2,1H3. The highest BCUT2D eigenvalue weighted by Gasteiger charge is 2.21. The molecule has 0 bridgehead atoms. The molecule has 0 radical (unpaired) electrons. The molecule has 1 rings (SSSR count). The maximum absolute atomic E-state index is 11.7. The minimum atomic E-state index is -3.69. The van der Waals surface area contributed by atoms with Crippen LogP contribution >= 0.6 is 11.6 Å². The highest BCUT2D eigenvalue weighted by molar-refractivity contribution is 7.91. The second-order valence-electron chi connectivity index (χ2n) is 3.34. The number of nitrogens with zero attached hydrogens (tertiary/aromatic N) is 1. The monoisotopic (exact) mass is 281 g/mol. The molecule has 0 saturated heterocycles. The van der Waals surface area contributed by atoms with Gasteiger partial charge in [0.2, 0.25) is 9.84 Å². The number of aryl methyl sites for hydroxylation is 1. The molecular formula is C9H12ClNO5S. The van der Waals surface area contributed by atoms with Crippen molar-refractivity contribution in [3.63, 3.8) is 0 Å². The van der Waals surface area contributed by atoms with Crippen molar-refractivity contribution in [1.29, 1.82) is 0 Å². The second-order valence-corrected chi connectivity index (χ2v) is 5.74. The fourth-order valence-electron chi connectivity index (χ4n) is 1.26. The molecular weight excluding hydrogens is 270 g/mol. The van der Waals surface area contributed by atoms with Crippen LogP contribution in [0.5, 0.6) is 5.75 Å². The van der Waals surface area contributed by atoms with Crippen molar-refractivity contribution in [2.75, 3.05) is 11.6 Å². The molecule has 0 aliphatic heterocycles. The summed E-state index contributed by atoms with van der Waals surface area (Å²) in [6.45, 7) is 1.37. The van der Waals surface area contributed by atoms with E-state index in [4.69, 9.17) is 16.9 Å². The van der Waals surface area contributed by atoms with Crippen LogP contribution in [-0.4, -0.2) is 35.4 Å². The van der Waals surface area contributed by atoms with E-state index in [0.29, 0.717) is 11.3 Å². The van der Waals surface area contributed by atoms with Crippen molar-refractivity contribution in [3.8, 4) is 5.75 Å². The van der Waals surface area contributed by atoms with E-state index in [0.717, 1.165) is 0 Å². The Bertz CT molecular complexity index is 502. The molecule has 1 heterocycles. The molecule has 1 aromatic rings. The lowest BCUT2D eigenvalue weighted by molar-refractivity contribution is -0.253. The van der Waals surface area contributed by atoms with Crippen LogP contribution in [0.25, 0.3) is 0 Å². The van der Waals surface area contributed by atoms with E-state index in [1.807, 2.05) is 0 Å². The Morgan fingerprint density at radius 2 is 2.18 bits per heavy atom. The summed E-state index contributed by atoms with van der Waals surface area (Å²) in [4.78, 5) is 7.71. The van der Waals surface area contributed by atoms with Gasteiger partial charge in [0, 0.05) is 17.1 Å². The van der Waals surface area contributed by atoms with Crippen molar-refractivity contribution >= 4 is 21.4 Å². The van der Waals surface area contributed by atoms with Gasteiger partial charge in [-0.05, 0) is 13.0 Å². The SMILES string of the molecule is Cc1nc(S(=O)(=O)CCCl)c(O)cc1COO. The Morgan fingerprint density at radius 1 is 1.53 bits per heavy atom. The summed E-state index contributed by atoms with van der Waals surface area (Å²) >= 11 is 5.37. The molecule has 0 spiro atoms. The van der Waals surface area contributed by atoms with Crippen molar-refractivity contribution in [2.45, 2.75) is 18.6 Å². The molecule has 0 amide bonds. The summed E-state index contributed by atoms with van der Waals surface area (Å²) in [5.74, 6) is -0.859. The van der Waals surface area contributed by atoms with Crippen LogP contribution in [0.1, 0.15) is 11.3 Å². The van der Waals surface area contributed by atoms with Gasteiger partial charge in [0.15, 0.2) is 10.8 Å². The van der Waals surface area contributed by atoms with Gasteiger partial charge in [-0.2, -0.15) is 0 Å². The number of alkyl halides is 1. The lowest BCUT2D eigenvalue weighted by Crippen LogP contribution is -2.11. The first-order valence-electron chi connectivity index (χ1n) is 4.67. The van der Waals surface area contributed by atoms with Crippen molar-refractivity contribution in [2.24, 2.45) is 0 Å². The lowest BCUT2D eigenvalue weighted by atomic mass is 10.2. The van der Waals surface area contributed by atoms with Crippen molar-refractivity contribution in [3.05, 3.63) is 17.3 Å². The van der Waals surface area contributed by atoms with Crippen LogP contribution in [-0.2, 0) is 21.3 Å². The Balaban J connectivity index is 3.25. The molecule has 8 heteroatoms. The zero-order chi connectivity index (χ0) is 13.1. The number of hydrogen-bond acceptors (Lipinski definition) is 6. The highest BCUT2D eigenvalue weighted by Crippen LogP contribution is 2.24. The number of halogens is 1. The van der Waals surface area contributed by atoms with Gasteiger partial charge in [0.25, 0.3) is 0 Å². The highest BCUT2D eigenvalue weighted by atomic mass is 35.5. The van der Waals surface area contributed by atoms with E-state index < -0.39 is 20.6 Å². The fraction of sp³-hybridized carbons (Fsp3) is 0.444. The van der Waals surface area contributed by atoms with E-state index in [9.17, 15) is 13.5 Å². The fourth-order valence-corrected chi connectivity index (χ4v) is 2.91. The molecule has 96 valence electrons. The van der Waals surface area contributed by atoms with Crippen molar-refractivity contribution in [1.82, 2.24) is 4.98 Å². The van der Waals surface area contributed by atoms with Crippen molar-refractivity contribution < 1.29 is 23.7 Å². The molecule has 1 aromatic heterocycles. The minimum absolute atomic E-state index is 0.0794. The van der Waals surface area contributed by atoms with E-state index in [2.05, 4.69) is 9.87 Å². The van der Waals surface area contributed by atoms with Gasteiger partial charge in [-0.1, -0.05) is 0 Å². The largest absolute Gasteiger partial charge is 0.505 e. The summed E-state index contributed by atoms with van der Waals surface area (Å²) in [6, 6.07) is 1.19. The molecule has 0 saturated carbocycles. The normalized spacial score (nSPS) is 11.7. The van der Waals surface area contributed by atoms with E-state index >= 15 is 0 Å². The Morgan fingerprint density at radius 3 is 2.71 bits per heavy atom. The number of aromatic nitrogens is 1. The zero-order valence-corrected chi connectivity index (χ0v) is 10.6. The van der Waals surface area contributed by atoms with Crippen LogP contribution in [0.4, 0.5) is 0 Å². The van der Waals surface area contributed by atoms with Crippen LogP contribution in [0.15, 0.2) is 11.1 Å². The quantitative estimate of drug-likeness (QED) is 0.476.